The van der Waals surface area contributed by atoms with E-state index in [2.05, 4.69) is 10.3 Å². The van der Waals surface area contributed by atoms with E-state index in [1.165, 1.54) is 0 Å². The van der Waals surface area contributed by atoms with Crippen LogP contribution in [0.1, 0.15) is 16.3 Å². The van der Waals surface area contributed by atoms with E-state index in [1.807, 2.05) is 11.8 Å². The summed E-state index contributed by atoms with van der Waals surface area (Å²) in [6, 6.07) is -0.111. The Labute approximate surface area is 127 Å². The number of urea groups is 1. The number of carboxylic acids is 1. The van der Waals surface area contributed by atoms with Crippen LogP contribution in [0.4, 0.5) is 4.79 Å². The third kappa shape index (κ3) is 4.98. The fraction of sp³-hybridized carbons (Fsp3) is 0.615. The average molecular weight is 312 g/mol. The highest BCUT2D eigenvalue weighted by atomic mass is 32.1. The fourth-order valence-electron chi connectivity index (χ4n) is 2.27. The van der Waals surface area contributed by atoms with Crippen molar-refractivity contribution < 1.29 is 14.7 Å². The van der Waals surface area contributed by atoms with Gasteiger partial charge < -0.3 is 15.3 Å². The summed E-state index contributed by atoms with van der Waals surface area (Å²) >= 11 is 1.57. The molecule has 0 bridgehead atoms. The number of amides is 2. The molecule has 0 aliphatic carbocycles. The second-order valence-electron chi connectivity index (χ2n) is 5.03. The standard InChI is InChI=1S/C13H20N4O3S/c1-10-7-14-11(21-10)8-15-13(20)17-4-2-3-16(5-6-17)9-12(18)19/h7H,2-6,8-9H2,1H3,(H,15,20)(H,18,19). The highest BCUT2D eigenvalue weighted by Crippen LogP contribution is 2.11. The molecule has 1 aromatic heterocycles. The molecule has 2 heterocycles. The lowest BCUT2D eigenvalue weighted by Crippen LogP contribution is -2.42. The Morgan fingerprint density at radius 1 is 1.38 bits per heavy atom. The number of thiazole rings is 1. The van der Waals surface area contributed by atoms with Gasteiger partial charge >= 0.3 is 12.0 Å². The van der Waals surface area contributed by atoms with Gasteiger partial charge in [0.2, 0.25) is 0 Å². The molecule has 2 amide bonds. The van der Waals surface area contributed by atoms with Crippen molar-refractivity contribution in [1.82, 2.24) is 20.1 Å². The van der Waals surface area contributed by atoms with Gasteiger partial charge in [-0.3, -0.25) is 9.69 Å². The molecule has 0 saturated carbocycles. The quantitative estimate of drug-likeness (QED) is 0.857. The lowest BCUT2D eigenvalue weighted by molar-refractivity contribution is -0.138. The topological polar surface area (TPSA) is 85.8 Å². The second-order valence-corrected chi connectivity index (χ2v) is 6.35. The van der Waals surface area contributed by atoms with Crippen molar-refractivity contribution in [1.29, 1.82) is 0 Å². The monoisotopic (exact) mass is 312 g/mol. The van der Waals surface area contributed by atoms with E-state index in [9.17, 15) is 9.59 Å². The van der Waals surface area contributed by atoms with Crippen molar-refractivity contribution in [3.8, 4) is 0 Å². The highest BCUT2D eigenvalue weighted by molar-refractivity contribution is 7.11. The second kappa shape index (κ2) is 7.37. The van der Waals surface area contributed by atoms with Crippen LogP contribution in [0.2, 0.25) is 0 Å². The van der Waals surface area contributed by atoms with E-state index in [0.717, 1.165) is 16.3 Å². The summed E-state index contributed by atoms with van der Waals surface area (Å²) in [7, 11) is 0. The van der Waals surface area contributed by atoms with Crippen LogP contribution >= 0.6 is 11.3 Å². The molecule has 1 aliphatic rings. The Balaban J connectivity index is 1.78. The summed E-state index contributed by atoms with van der Waals surface area (Å²) < 4.78 is 0. The molecule has 0 unspecified atom stereocenters. The SMILES string of the molecule is Cc1cnc(CNC(=O)N2CCCN(CC(=O)O)CC2)s1. The van der Waals surface area contributed by atoms with Crippen molar-refractivity contribution in [3.63, 3.8) is 0 Å². The van der Waals surface area contributed by atoms with Gasteiger partial charge in [0, 0.05) is 37.3 Å². The first kappa shape index (κ1) is 15.7. The molecule has 116 valence electrons. The Morgan fingerprint density at radius 3 is 2.86 bits per heavy atom. The van der Waals surface area contributed by atoms with Crippen molar-refractivity contribution in [3.05, 3.63) is 16.1 Å². The molecule has 7 nitrogen and oxygen atoms in total. The van der Waals surface area contributed by atoms with Crippen LogP contribution in [0, 0.1) is 6.92 Å². The number of nitrogens with one attached hydrogen (secondary N) is 1. The summed E-state index contributed by atoms with van der Waals surface area (Å²) in [6.07, 6.45) is 2.58. The van der Waals surface area contributed by atoms with Crippen LogP contribution in [-0.4, -0.2) is 64.6 Å². The van der Waals surface area contributed by atoms with Crippen LogP contribution in [0.3, 0.4) is 0 Å². The van der Waals surface area contributed by atoms with Crippen LogP contribution < -0.4 is 5.32 Å². The Morgan fingerprint density at radius 2 is 2.19 bits per heavy atom. The van der Waals surface area contributed by atoms with Crippen LogP contribution in [0.15, 0.2) is 6.20 Å². The Bertz CT molecular complexity index is 505. The van der Waals surface area contributed by atoms with Gasteiger partial charge in [0.1, 0.15) is 5.01 Å². The summed E-state index contributed by atoms with van der Waals surface area (Å²) in [5, 5.41) is 12.6. The average Bonchev–Trinajstić information content (AvgIpc) is 2.70. The van der Waals surface area contributed by atoms with Gasteiger partial charge in [-0.1, -0.05) is 0 Å². The van der Waals surface area contributed by atoms with Gasteiger partial charge in [-0.15, -0.1) is 11.3 Å². The molecule has 1 fully saturated rings. The molecule has 21 heavy (non-hydrogen) atoms. The van der Waals surface area contributed by atoms with Gasteiger partial charge in [-0.25, -0.2) is 9.78 Å². The van der Waals surface area contributed by atoms with Crippen LogP contribution in [-0.2, 0) is 11.3 Å². The van der Waals surface area contributed by atoms with E-state index in [0.29, 0.717) is 32.7 Å². The van der Waals surface area contributed by atoms with Gasteiger partial charge in [0.15, 0.2) is 0 Å². The van der Waals surface area contributed by atoms with Crippen molar-refractivity contribution >= 4 is 23.3 Å². The van der Waals surface area contributed by atoms with E-state index < -0.39 is 5.97 Å². The molecule has 0 atom stereocenters. The first-order valence-electron chi connectivity index (χ1n) is 6.93. The number of carbonyl (C=O) groups is 2. The highest BCUT2D eigenvalue weighted by Gasteiger charge is 2.20. The number of aromatic nitrogens is 1. The number of hydrogen-bond acceptors (Lipinski definition) is 5. The van der Waals surface area contributed by atoms with Gasteiger partial charge in [0.25, 0.3) is 0 Å². The minimum absolute atomic E-state index is 0.0356. The Hall–Kier alpha value is -1.67. The number of rotatable bonds is 4. The van der Waals surface area contributed by atoms with E-state index in [1.54, 1.807) is 22.4 Å². The lowest BCUT2D eigenvalue weighted by Gasteiger charge is -2.21. The summed E-state index contributed by atoms with van der Waals surface area (Å²) in [6.45, 7) is 4.96. The molecular weight excluding hydrogens is 292 g/mol. The zero-order valence-corrected chi connectivity index (χ0v) is 12.9. The minimum atomic E-state index is -0.827. The number of carboxylic acid groups (broad SMARTS) is 1. The zero-order valence-electron chi connectivity index (χ0n) is 12.0. The molecule has 1 saturated heterocycles. The predicted octanol–water partition coefficient (Wildman–Crippen LogP) is 0.753. The largest absolute Gasteiger partial charge is 0.480 e. The summed E-state index contributed by atoms with van der Waals surface area (Å²) in [5.41, 5.74) is 0. The summed E-state index contributed by atoms with van der Waals surface area (Å²) in [5.74, 6) is -0.827. The molecule has 0 spiro atoms. The van der Waals surface area contributed by atoms with Crippen molar-refractivity contribution in [2.24, 2.45) is 0 Å². The minimum Gasteiger partial charge on any atom is -0.480 e. The molecule has 8 heteroatoms. The van der Waals surface area contributed by atoms with Gasteiger partial charge in [-0.2, -0.15) is 0 Å². The number of aryl methyl sites for hydroxylation is 1. The first-order chi connectivity index (χ1) is 10.0. The third-order valence-corrected chi connectivity index (χ3v) is 4.21. The third-order valence-electron chi connectivity index (χ3n) is 3.29. The smallest absolute Gasteiger partial charge is 0.317 e. The number of nitrogens with zero attached hydrogens (tertiary/aromatic N) is 3. The van der Waals surface area contributed by atoms with Crippen molar-refractivity contribution in [2.75, 3.05) is 32.7 Å². The molecular formula is C13H20N4O3S. The van der Waals surface area contributed by atoms with E-state index in [-0.39, 0.29) is 12.6 Å². The van der Waals surface area contributed by atoms with E-state index >= 15 is 0 Å². The number of aliphatic carboxylic acids is 1. The Kier molecular flexibility index (Phi) is 5.51. The maximum Gasteiger partial charge on any atom is 0.317 e. The molecule has 1 aromatic rings. The fourth-order valence-corrected chi connectivity index (χ4v) is 3.00. The van der Waals surface area contributed by atoms with Gasteiger partial charge in [0.05, 0.1) is 13.1 Å². The molecule has 0 aromatic carbocycles. The number of carbonyl (C=O) groups excluding carboxylic acids is 1. The zero-order chi connectivity index (χ0) is 15.2. The molecule has 1 aliphatic heterocycles. The summed E-state index contributed by atoms with van der Waals surface area (Å²) in [4.78, 5) is 31.8. The number of hydrogen-bond donors (Lipinski definition) is 2. The lowest BCUT2D eigenvalue weighted by atomic mass is 10.4. The molecule has 2 N–H and O–H groups in total. The molecule has 2 rings (SSSR count). The van der Waals surface area contributed by atoms with Crippen molar-refractivity contribution in [2.45, 2.75) is 19.9 Å². The van der Waals surface area contributed by atoms with Crippen LogP contribution in [0.5, 0.6) is 0 Å². The first-order valence-corrected chi connectivity index (χ1v) is 7.74. The van der Waals surface area contributed by atoms with Gasteiger partial charge in [-0.05, 0) is 13.3 Å². The van der Waals surface area contributed by atoms with Crippen LogP contribution in [0.25, 0.3) is 0 Å². The van der Waals surface area contributed by atoms with E-state index in [4.69, 9.17) is 5.11 Å². The predicted molar refractivity (Wildman–Crippen MR) is 79.4 cm³/mol. The molecule has 0 radical (unpaired) electrons. The normalized spacial score (nSPS) is 16.5. The maximum absolute atomic E-state index is 12.1. The maximum atomic E-state index is 12.1.